The molecule has 6 nitrogen and oxygen atoms in total. The van der Waals surface area contributed by atoms with Crippen molar-refractivity contribution in [2.75, 3.05) is 7.11 Å². The van der Waals surface area contributed by atoms with Crippen molar-refractivity contribution in [3.05, 3.63) is 87.7 Å². The zero-order valence-corrected chi connectivity index (χ0v) is 17.7. The molecule has 0 radical (unpaired) electrons. The number of aryl methyl sites for hydroxylation is 1. The lowest BCUT2D eigenvalue weighted by Gasteiger charge is -2.15. The van der Waals surface area contributed by atoms with Crippen LogP contribution >= 0.6 is 0 Å². The van der Waals surface area contributed by atoms with Crippen molar-refractivity contribution in [2.24, 2.45) is 0 Å². The first kappa shape index (κ1) is 20.3. The van der Waals surface area contributed by atoms with Crippen LogP contribution in [0.15, 0.2) is 59.7 Å². The van der Waals surface area contributed by atoms with Crippen molar-refractivity contribution in [2.45, 2.75) is 20.3 Å². The van der Waals surface area contributed by atoms with E-state index in [-0.39, 0.29) is 11.3 Å². The summed E-state index contributed by atoms with van der Waals surface area (Å²) >= 11 is 0. The topological polar surface area (TPSA) is 77.2 Å². The minimum absolute atomic E-state index is 0.199. The number of hydrogen-bond acceptors (Lipinski definition) is 5. The average Bonchev–Trinajstić information content (AvgIpc) is 2.79. The monoisotopic (exact) mass is 413 g/mol. The van der Waals surface area contributed by atoms with E-state index in [1.165, 1.54) is 0 Å². The van der Waals surface area contributed by atoms with E-state index < -0.39 is 0 Å². The molecule has 0 unspecified atom stereocenters. The fraction of sp³-hybridized carbons (Fsp3) is 0.160. The van der Waals surface area contributed by atoms with E-state index in [1.807, 2.05) is 50.2 Å². The number of aromatic nitrogens is 3. The summed E-state index contributed by atoms with van der Waals surface area (Å²) in [6.45, 7) is 3.89. The van der Waals surface area contributed by atoms with Gasteiger partial charge < -0.3 is 9.84 Å². The van der Waals surface area contributed by atoms with Gasteiger partial charge in [0.2, 0.25) is 0 Å². The molecule has 2 aromatic heterocycles. The van der Waals surface area contributed by atoms with E-state index in [9.17, 15) is 9.90 Å². The summed E-state index contributed by atoms with van der Waals surface area (Å²) in [6.07, 6.45) is 7.39. The number of methoxy groups -OCH3 is 1. The molecule has 0 fully saturated rings. The van der Waals surface area contributed by atoms with Crippen molar-refractivity contribution in [1.29, 1.82) is 0 Å². The molecule has 4 rings (SSSR count). The number of phenolic OH excluding ortho intramolecular Hbond substituents is 1. The van der Waals surface area contributed by atoms with Gasteiger partial charge in [0.05, 0.1) is 29.9 Å². The SMILES string of the molecule is CCc1cccc(/C=C/c2nc3cnccc3c(=O)n2-c2cccc(OC)c2C)c1O. The smallest absolute Gasteiger partial charge is 0.266 e. The molecule has 0 bridgehead atoms. The molecule has 0 saturated heterocycles. The van der Waals surface area contributed by atoms with Crippen molar-refractivity contribution >= 4 is 23.1 Å². The van der Waals surface area contributed by atoms with Crippen LogP contribution in [0, 0.1) is 6.92 Å². The lowest BCUT2D eigenvalue weighted by Crippen LogP contribution is -2.23. The van der Waals surface area contributed by atoms with Gasteiger partial charge in [-0.1, -0.05) is 31.2 Å². The number of rotatable bonds is 5. The molecule has 6 heteroatoms. The lowest BCUT2D eigenvalue weighted by atomic mass is 10.1. The highest BCUT2D eigenvalue weighted by molar-refractivity contribution is 5.80. The Labute approximate surface area is 180 Å². The third-order valence-corrected chi connectivity index (χ3v) is 5.36. The molecule has 0 aliphatic rings. The van der Waals surface area contributed by atoms with Crippen LogP contribution < -0.4 is 10.3 Å². The molecule has 0 aliphatic heterocycles. The van der Waals surface area contributed by atoms with E-state index >= 15 is 0 Å². The molecule has 1 N–H and O–H groups in total. The third kappa shape index (κ3) is 3.68. The summed E-state index contributed by atoms with van der Waals surface area (Å²) in [6, 6.07) is 12.8. The zero-order chi connectivity index (χ0) is 22.0. The second-order valence-corrected chi connectivity index (χ2v) is 7.15. The van der Waals surface area contributed by atoms with Gasteiger partial charge in [-0.2, -0.15) is 0 Å². The van der Waals surface area contributed by atoms with Gasteiger partial charge in [-0.25, -0.2) is 4.98 Å². The fourth-order valence-corrected chi connectivity index (χ4v) is 3.66. The summed E-state index contributed by atoms with van der Waals surface area (Å²) in [5.74, 6) is 1.35. The van der Waals surface area contributed by atoms with Crippen LogP contribution in [-0.4, -0.2) is 26.8 Å². The van der Waals surface area contributed by atoms with Crippen LogP contribution in [0.2, 0.25) is 0 Å². The van der Waals surface area contributed by atoms with Gasteiger partial charge in [0, 0.05) is 17.3 Å². The predicted octanol–water partition coefficient (Wildman–Crippen LogP) is 4.54. The van der Waals surface area contributed by atoms with Gasteiger partial charge >= 0.3 is 0 Å². The standard InChI is InChI=1S/C25H23N3O3/c1-4-17-7-5-8-18(24(17)29)11-12-23-27-20-15-26-14-13-19(20)25(30)28(23)21-9-6-10-22(31-3)16(21)2/h5-15,29H,4H2,1-3H3/b12-11+. The summed E-state index contributed by atoms with van der Waals surface area (Å²) in [5, 5.41) is 11.0. The van der Waals surface area contributed by atoms with Crippen molar-refractivity contribution < 1.29 is 9.84 Å². The molecule has 2 aromatic carbocycles. The second-order valence-electron chi connectivity index (χ2n) is 7.15. The number of hydrogen-bond donors (Lipinski definition) is 1. The summed E-state index contributed by atoms with van der Waals surface area (Å²) in [7, 11) is 1.60. The first-order valence-corrected chi connectivity index (χ1v) is 10.0. The Morgan fingerprint density at radius 2 is 1.94 bits per heavy atom. The summed E-state index contributed by atoms with van der Waals surface area (Å²) in [5.41, 5.74) is 3.34. The maximum absolute atomic E-state index is 13.5. The maximum Gasteiger partial charge on any atom is 0.266 e. The van der Waals surface area contributed by atoms with Gasteiger partial charge in [-0.05, 0) is 49.3 Å². The molecule has 0 aliphatic carbocycles. The van der Waals surface area contributed by atoms with Gasteiger partial charge in [0.25, 0.3) is 5.56 Å². The highest BCUT2D eigenvalue weighted by Crippen LogP contribution is 2.27. The molecule has 0 amide bonds. The quantitative estimate of drug-likeness (QED) is 0.520. The van der Waals surface area contributed by atoms with Crippen LogP contribution in [0.3, 0.4) is 0 Å². The first-order valence-electron chi connectivity index (χ1n) is 10.0. The molecule has 31 heavy (non-hydrogen) atoms. The highest BCUT2D eigenvalue weighted by atomic mass is 16.5. The van der Waals surface area contributed by atoms with Crippen LogP contribution in [-0.2, 0) is 6.42 Å². The van der Waals surface area contributed by atoms with E-state index in [1.54, 1.807) is 42.3 Å². The zero-order valence-electron chi connectivity index (χ0n) is 17.7. The van der Waals surface area contributed by atoms with Crippen LogP contribution in [0.5, 0.6) is 11.5 Å². The van der Waals surface area contributed by atoms with Crippen molar-refractivity contribution in [1.82, 2.24) is 14.5 Å². The number of benzene rings is 2. The minimum atomic E-state index is -0.199. The molecular weight excluding hydrogens is 390 g/mol. The molecule has 2 heterocycles. The normalized spacial score (nSPS) is 11.3. The van der Waals surface area contributed by atoms with E-state index in [4.69, 9.17) is 4.74 Å². The average molecular weight is 413 g/mol. The number of pyridine rings is 1. The summed E-state index contributed by atoms with van der Waals surface area (Å²) in [4.78, 5) is 22.2. The largest absolute Gasteiger partial charge is 0.507 e. The van der Waals surface area contributed by atoms with E-state index in [0.29, 0.717) is 33.7 Å². The Balaban J connectivity index is 1.97. The molecule has 0 saturated carbocycles. The van der Waals surface area contributed by atoms with Gasteiger partial charge in [0.15, 0.2) is 0 Å². The number of aromatic hydroxyl groups is 1. The van der Waals surface area contributed by atoms with Crippen LogP contribution in [0.4, 0.5) is 0 Å². The Kier molecular flexibility index (Phi) is 5.54. The fourth-order valence-electron chi connectivity index (χ4n) is 3.66. The van der Waals surface area contributed by atoms with Crippen molar-refractivity contribution in [3.63, 3.8) is 0 Å². The third-order valence-electron chi connectivity index (χ3n) is 5.36. The van der Waals surface area contributed by atoms with Crippen LogP contribution in [0.1, 0.15) is 29.4 Å². The van der Waals surface area contributed by atoms with Gasteiger partial charge in [0.1, 0.15) is 17.3 Å². The minimum Gasteiger partial charge on any atom is -0.507 e. The van der Waals surface area contributed by atoms with Crippen molar-refractivity contribution in [3.8, 4) is 17.2 Å². The molecule has 0 spiro atoms. The number of para-hydroxylation sites is 1. The Bertz CT molecular complexity index is 1360. The predicted molar refractivity (Wildman–Crippen MR) is 123 cm³/mol. The first-order chi connectivity index (χ1) is 15.0. The van der Waals surface area contributed by atoms with E-state index in [0.717, 1.165) is 17.5 Å². The Morgan fingerprint density at radius 1 is 1.13 bits per heavy atom. The second kappa shape index (κ2) is 8.44. The Morgan fingerprint density at radius 3 is 2.71 bits per heavy atom. The number of ether oxygens (including phenoxy) is 1. The molecule has 156 valence electrons. The molecule has 4 aromatic rings. The Hall–Kier alpha value is -3.93. The molecule has 0 atom stereocenters. The number of phenols is 1. The van der Waals surface area contributed by atoms with Gasteiger partial charge in [-0.3, -0.25) is 14.3 Å². The van der Waals surface area contributed by atoms with E-state index in [2.05, 4.69) is 9.97 Å². The highest BCUT2D eigenvalue weighted by Gasteiger charge is 2.15. The number of fused-ring (bicyclic) bond motifs is 1. The molecular formula is C25H23N3O3. The van der Waals surface area contributed by atoms with Gasteiger partial charge in [-0.15, -0.1) is 0 Å². The summed E-state index contributed by atoms with van der Waals surface area (Å²) < 4.78 is 7.01. The lowest BCUT2D eigenvalue weighted by molar-refractivity contribution is 0.411. The number of nitrogens with zero attached hydrogens (tertiary/aromatic N) is 3. The van der Waals surface area contributed by atoms with Crippen LogP contribution in [0.25, 0.3) is 28.7 Å². The maximum atomic E-state index is 13.5.